The summed E-state index contributed by atoms with van der Waals surface area (Å²) in [4.78, 5) is 26.1. The zero-order chi connectivity index (χ0) is 27.1. The molecule has 4 rings (SSSR count). The first kappa shape index (κ1) is 27.3. The molecule has 0 bridgehead atoms. The van der Waals surface area contributed by atoms with Crippen LogP contribution in [0, 0.1) is 11.3 Å². The Morgan fingerprint density at radius 2 is 1.71 bits per heavy atom. The molecule has 0 spiro atoms. The van der Waals surface area contributed by atoms with Gasteiger partial charge in [-0.3, -0.25) is 4.79 Å². The number of hydrogen-bond donors (Lipinski definition) is 2. The van der Waals surface area contributed by atoms with Crippen LogP contribution in [-0.4, -0.2) is 24.2 Å². The Balaban J connectivity index is 1.76. The summed E-state index contributed by atoms with van der Waals surface area (Å²) >= 11 is 13.7. The van der Waals surface area contributed by atoms with E-state index in [9.17, 15) is 14.9 Å². The van der Waals surface area contributed by atoms with Gasteiger partial charge in [-0.2, -0.15) is 5.26 Å². The predicted octanol–water partition coefficient (Wildman–Crippen LogP) is 6.76. The Bertz CT molecular complexity index is 1450. The molecule has 1 amide bonds. The molecule has 0 saturated heterocycles. The van der Waals surface area contributed by atoms with Gasteiger partial charge in [-0.1, -0.05) is 83.5 Å². The van der Waals surface area contributed by atoms with Crippen molar-refractivity contribution in [3.05, 3.63) is 116 Å². The molecule has 0 fully saturated rings. The van der Waals surface area contributed by atoms with Gasteiger partial charge < -0.3 is 15.4 Å². The van der Waals surface area contributed by atoms with Crippen molar-refractivity contribution < 1.29 is 14.3 Å². The zero-order valence-electron chi connectivity index (χ0n) is 20.3. The maximum absolute atomic E-state index is 13.4. The minimum atomic E-state index is -0.800. The van der Waals surface area contributed by atoms with Crippen LogP contribution in [0.5, 0.6) is 0 Å². The first-order valence-electron chi connectivity index (χ1n) is 11.7. The molecule has 0 aliphatic carbocycles. The van der Waals surface area contributed by atoms with Crippen molar-refractivity contribution in [3.8, 4) is 6.07 Å². The number of thioether (sulfide) groups is 1. The number of hydrogen-bond acceptors (Lipinski definition) is 6. The summed E-state index contributed by atoms with van der Waals surface area (Å²) in [6.07, 6.45) is 0. The molecule has 1 atom stereocenters. The molecule has 1 aliphatic rings. The Labute approximate surface area is 235 Å². The van der Waals surface area contributed by atoms with Gasteiger partial charge in [0.05, 0.1) is 46.2 Å². The molecule has 1 aliphatic heterocycles. The van der Waals surface area contributed by atoms with Crippen LogP contribution in [0.25, 0.3) is 5.70 Å². The molecule has 6 nitrogen and oxygen atoms in total. The van der Waals surface area contributed by atoms with Crippen molar-refractivity contribution in [2.75, 3.05) is 17.7 Å². The largest absolute Gasteiger partial charge is 0.463 e. The number of nitrogens with zero attached hydrogens (tertiary/aromatic N) is 1. The molecule has 2 N–H and O–H groups in total. The number of ether oxygens (including phenoxy) is 1. The number of benzene rings is 3. The Morgan fingerprint density at radius 3 is 2.37 bits per heavy atom. The summed E-state index contributed by atoms with van der Waals surface area (Å²) in [5.74, 6) is -1.60. The van der Waals surface area contributed by atoms with E-state index in [1.54, 1.807) is 55.5 Å². The Kier molecular flexibility index (Phi) is 9.14. The van der Waals surface area contributed by atoms with Gasteiger partial charge in [0.2, 0.25) is 5.91 Å². The molecule has 1 heterocycles. The van der Waals surface area contributed by atoms with E-state index < -0.39 is 11.9 Å². The molecule has 0 aromatic heterocycles. The lowest BCUT2D eigenvalue weighted by Crippen LogP contribution is -2.30. The van der Waals surface area contributed by atoms with E-state index >= 15 is 0 Å². The molecule has 0 unspecified atom stereocenters. The highest BCUT2D eigenvalue weighted by molar-refractivity contribution is 8.03. The standard InChI is InChI=1S/C29H23Cl2N3O3S/c1-2-37-29(36)26-25(21-10-6-7-11-23(21)31)22(16-32)28(34-27(26)18-8-4-3-5-9-18)38-17-24(35)33-20-14-12-19(30)13-15-20/h3-15,25,34H,2,17H2,1H3,(H,33,35)/t25-/m0/s1. The van der Waals surface area contributed by atoms with Crippen LogP contribution < -0.4 is 10.6 Å². The highest BCUT2D eigenvalue weighted by Crippen LogP contribution is 2.45. The van der Waals surface area contributed by atoms with E-state index in [0.717, 1.165) is 5.56 Å². The Morgan fingerprint density at radius 1 is 1.03 bits per heavy atom. The van der Waals surface area contributed by atoms with E-state index in [1.165, 1.54) is 11.8 Å². The average molecular weight is 564 g/mol. The molecule has 38 heavy (non-hydrogen) atoms. The molecular formula is C29H23Cl2N3O3S. The monoisotopic (exact) mass is 563 g/mol. The molecular weight excluding hydrogens is 541 g/mol. The summed E-state index contributed by atoms with van der Waals surface area (Å²) < 4.78 is 5.43. The molecule has 3 aromatic carbocycles. The highest BCUT2D eigenvalue weighted by atomic mass is 35.5. The van der Waals surface area contributed by atoms with Crippen LogP contribution in [0.2, 0.25) is 10.0 Å². The summed E-state index contributed by atoms with van der Waals surface area (Å²) in [5, 5.41) is 17.8. The predicted molar refractivity (Wildman–Crippen MR) is 153 cm³/mol. The average Bonchev–Trinajstić information content (AvgIpc) is 2.93. The number of carbonyl (C=O) groups excluding carboxylic acids is 2. The summed E-state index contributed by atoms with van der Waals surface area (Å²) in [7, 11) is 0. The van der Waals surface area contributed by atoms with E-state index in [0.29, 0.717) is 32.0 Å². The number of anilines is 1. The minimum Gasteiger partial charge on any atom is -0.463 e. The van der Waals surface area contributed by atoms with Gasteiger partial charge in [-0.05, 0) is 48.4 Å². The SMILES string of the molecule is CCOC(=O)C1=C(c2ccccc2)NC(SCC(=O)Nc2ccc(Cl)cc2)=C(C#N)[C@@H]1c1ccccc1Cl. The summed E-state index contributed by atoms with van der Waals surface area (Å²) in [6, 6.07) is 25.4. The van der Waals surface area contributed by atoms with Crippen LogP contribution in [0.1, 0.15) is 24.0 Å². The second-order valence-electron chi connectivity index (χ2n) is 8.15. The number of nitrogens with one attached hydrogen (secondary N) is 2. The Hall–Kier alpha value is -3.70. The highest BCUT2D eigenvalue weighted by Gasteiger charge is 2.38. The number of esters is 1. The van der Waals surface area contributed by atoms with E-state index in [1.807, 2.05) is 30.3 Å². The van der Waals surface area contributed by atoms with E-state index in [4.69, 9.17) is 27.9 Å². The third-order valence-electron chi connectivity index (χ3n) is 5.70. The van der Waals surface area contributed by atoms with Crippen molar-refractivity contribution >= 4 is 58.2 Å². The maximum atomic E-state index is 13.4. The van der Waals surface area contributed by atoms with Crippen molar-refractivity contribution in [2.24, 2.45) is 0 Å². The van der Waals surface area contributed by atoms with Crippen LogP contribution >= 0.6 is 35.0 Å². The van der Waals surface area contributed by atoms with Gasteiger partial charge >= 0.3 is 5.97 Å². The fourth-order valence-electron chi connectivity index (χ4n) is 4.05. The number of nitriles is 1. The van der Waals surface area contributed by atoms with Crippen LogP contribution in [-0.2, 0) is 14.3 Å². The molecule has 0 saturated carbocycles. The number of halogens is 2. The van der Waals surface area contributed by atoms with Gasteiger partial charge in [-0.15, -0.1) is 0 Å². The fraction of sp³-hybridized carbons (Fsp3) is 0.138. The number of allylic oxidation sites excluding steroid dienone is 1. The summed E-state index contributed by atoms with van der Waals surface area (Å²) in [6.45, 7) is 1.89. The third kappa shape index (κ3) is 6.22. The lowest BCUT2D eigenvalue weighted by molar-refractivity contribution is -0.138. The lowest BCUT2D eigenvalue weighted by Gasteiger charge is -2.31. The summed E-state index contributed by atoms with van der Waals surface area (Å²) in [5.41, 5.74) is 2.96. The minimum absolute atomic E-state index is 0.0161. The number of amides is 1. The van der Waals surface area contributed by atoms with Gasteiger partial charge in [0, 0.05) is 15.7 Å². The quantitative estimate of drug-likeness (QED) is 0.294. The van der Waals surface area contributed by atoms with Gasteiger partial charge in [0.1, 0.15) is 0 Å². The van der Waals surface area contributed by atoms with Gasteiger partial charge in [-0.25, -0.2) is 4.79 Å². The van der Waals surface area contributed by atoms with Crippen LogP contribution in [0.4, 0.5) is 5.69 Å². The van der Waals surface area contributed by atoms with Crippen molar-refractivity contribution in [1.82, 2.24) is 5.32 Å². The topological polar surface area (TPSA) is 91.2 Å². The number of rotatable bonds is 8. The molecule has 192 valence electrons. The van der Waals surface area contributed by atoms with Crippen molar-refractivity contribution in [3.63, 3.8) is 0 Å². The molecule has 9 heteroatoms. The second-order valence-corrected chi connectivity index (χ2v) is 9.98. The molecule has 0 radical (unpaired) electrons. The number of dihydropyridines is 1. The van der Waals surface area contributed by atoms with Crippen molar-refractivity contribution in [1.29, 1.82) is 5.26 Å². The smallest absolute Gasteiger partial charge is 0.337 e. The maximum Gasteiger partial charge on any atom is 0.337 e. The zero-order valence-corrected chi connectivity index (χ0v) is 22.7. The van der Waals surface area contributed by atoms with Gasteiger partial charge in [0.15, 0.2) is 0 Å². The van der Waals surface area contributed by atoms with Crippen LogP contribution in [0.15, 0.2) is 95.0 Å². The first-order valence-corrected chi connectivity index (χ1v) is 13.5. The second kappa shape index (κ2) is 12.7. The number of carbonyl (C=O) groups is 2. The van der Waals surface area contributed by atoms with E-state index in [-0.39, 0.29) is 29.4 Å². The van der Waals surface area contributed by atoms with Crippen molar-refractivity contribution in [2.45, 2.75) is 12.8 Å². The normalized spacial score (nSPS) is 14.9. The lowest BCUT2D eigenvalue weighted by atomic mass is 9.81. The van der Waals surface area contributed by atoms with Crippen LogP contribution in [0.3, 0.4) is 0 Å². The van der Waals surface area contributed by atoms with E-state index in [2.05, 4.69) is 16.7 Å². The third-order valence-corrected chi connectivity index (χ3v) is 7.31. The van der Waals surface area contributed by atoms with Gasteiger partial charge in [0.25, 0.3) is 0 Å². The first-order chi connectivity index (χ1) is 18.4. The fourth-order valence-corrected chi connectivity index (χ4v) is 5.26. The molecule has 3 aromatic rings.